The van der Waals surface area contributed by atoms with Crippen molar-refractivity contribution >= 4 is 25.8 Å². The highest BCUT2D eigenvalue weighted by atomic mass is 79.9. The second-order valence-corrected chi connectivity index (χ2v) is 8.53. The van der Waals surface area contributed by atoms with Gasteiger partial charge in [0.15, 0.2) is 9.84 Å². The number of ether oxygens (including phenoxy) is 1. The molecule has 1 fully saturated rings. The molecular weight excluding hydrogens is 344 g/mol. The van der Waals surface area contributed by atoms with Crippen LogP contribution in [0.15, 0.2) is 22.7 Å². The molecule has 1 saturated carbocycles. The van der Waals surface area contributed by atoms with Gasteiger partial charge in [0.25, 0.3) is 0 Å². The Bertz CT molecular complexity index is 599. The summed E-state index contributed by atoms with van der Waals surface area (Å²) >= 11 is 3.45. The van der Waals surface area contributed by atoms with Crippen LogP contribution in [0.5, 0.6) is 5.75 Å². The molecule has 0 bridgehead atoms. The van der Waals surface area contributed by atoms with Crippen LogP contribution in [0.2, 0.25) is 0 Å². The third-order valence-corrected chi connectivity index (χ3v) is 6.42. The molecule has 0 aromatic heterocycles. The van der Waals surface area contributed by atoms with Crippen molar-refractivity contribution < 1.29 is 18.3 Å². The monoisotopic (exact) mass is 362 g/mol. The van der Waals surface area contributed by atoms with Crippen molar-refractivity contribution in [2.45, 2.75) is 36.5 Å². The van der Waals surface area contributed by atoms with Gasteiger partial charge in [-0.15, -0.1) is 0 Å². The van der Waals surface area contributed by atoms with Gasteiger partial charge in [-0.3, -0.25) is 0 Å². The van der Waals surface area contributed by atoms with Gasteiger partial charge in [-0.2, -0.15) is 0 Å². The zero-order chi connectivity index (χ0) is 15.0. The van der Waals surface area contributed by atoms with E-state index in [-0.39, 0.29) is 0 Å². The van der Waals surface area contributed by atoms with Crippen LogP contribution in [-0.2, 0) is 16.3 Å². The third-order valence-electron chi connectivity index (χ3n) is 3.94. The minimum absolute atomic E-state index is 0.308. The molecule has 1 aliphatic carbocycles. The summed E-state index contributed by atoms with van der Waals surface area (Å²) in [6.45, 7) is 0. The Morgan fingerprint density at radius 1 is 1.50 bits per heavy atom. The first-order chi connectivity index (χ1) is 9.26. The van der Waals surface area contributed by atoms with Gasteiger partial charge in [0, 0.05) is 17.1 Å². The predicted molar refractivity (Wildman–Crippen MR) is 81.8 cm³/mol. The SMILES string of the molecule is COc1ccc(Br)c(CC2(O)CCCC2S(C)(=O)=O)c1. The lowest BCUT2D eigenvalue weighted by Crippen LogP contribution is -2.44. The Hall–Kier alpha value is -0.590. The van der Waals surface area contributed by atoms with E-state index in [1.165, 1.54) is 6.26 Å². The molecule has 0 amide bonds. The number of hydrogen-bond donors (Lipinski definition) is 1. The maximum atomic E-state index is 11.9. The summed E-state index contributed by atoms with van der Waals surface area (Å²) in [6, 6.07) is 5.50. The van der Waals surface area contributed by atoms with Gasteiger partial charge < -0.3 is 9.84 Å². The first kappa shape index (κ1) is 15.8. The summed E-state index contributed by atoms with van der Waals surface area (Å²) in [5, 5.41) is 10.1. The van der Waals surface area contributed by atoms with Crippen LogP contribution in [0.1, 0.15) is 24.8 Å². The van der Waals surface area contributed by atoms with Crippen LogP contribution in [0.3, 0.4) is 0 Å². The molecule has 0 heterocycles. The average molecular weight is 363 g/mol. The molecule has 20 heavy (non-hydrogen) atoms. The summed E-state index contributed by atoms with van der Waals surface area (Å²) in [6.07, 6.45) is 3.28. The van der Waals surface area contributed by atoms with Gasteiger partial charge >= 0.3 is 0 Å². The molecule has 2 unspecified atom stereocenters. The van der Waals surface area contributed by atoms with Crippen molar-refractivity contribution in [2.75, 3.05) is 13.4 Å². The van der Waals surface area contributed by atoms with E-state index in [1.54, 1.807) is 7.11 Å². The first-order valence-electron chi connectivity index (χ1n) is 6.50. The van der Waals surface area contributed by atoms with Crippen molar-refractivity contribution in [1.29, 1.82) is 0 Å². The molecule has 4 nitrogen and oxygen atoms in total. The number of aliphatic hydroxyl groups is 1. The van der Waals surface area contributed by atoms with Gasteiger partial charge in [-0.05, 0) is 43.0 Å². The molecule has 2 rings (SSSR count). The molecule has 0 spiro atoms. The van der Waals surface area contributed by atoms with Crippen molar-refractivity contribution in [3.05, 3.63) is 28.2 Å². The van der Waals surface area contributed by atoms with Gasteiger partial charge in [0.1, 0.15) is 5.75 Å². The molecule has 1 aromatic rings. The highest BCUT2D eigenvalue weighted by Gasteiger charge is 2.46. The smallest absolute Gasteiger partial charge is 0.153 e. The fraction of sp³-hybridized carbons (Fsp3) is 0.571. The highest BCUT2D eigenvalue weighted by Crippen LogP contribution is 2.39. The van der Waals surface area contributed by atoms with E-state index in [1.807, 2.05) is 18.2 Å². The van der Waals surface area contributed by atoms with Crippen molar-refractivity contribution in [2.24, 2.45) is 0 Å². The van der Waals surface area contributed by atoms with Crippen molar-refractivity contribution in [1.82, 2.24) is 0 Å². The van der Waals surface area contributed by atoms with Gasteiger partial charge in [-0.1, -0.05) is 15.9 Å². The number of methoxy groups -OCH3 is 1. The van der Waals surface area contributed by atoms with E-state index in [4.69, 9.17) is 4.74 Å². The number of sulfone groups is 1. The molecule has 6 heteroatoms. The van der Waals surface area contributed by atoms with E-state index in [0.717, 1.165) is 16.5 Å². The van der Waals surface area contributed by atoms with Gasteiger partial charge in [0.2, 0.25) is 0 Å². The average Bonchev–Trinajstić information content (AvgIpc) is 2.74. The fourth-order valence-corrected chi connectivity index (χ4v) is 4.96. The molecule has 0 aliphatic heterocycles. The lowest BCUT2D eigenvalue weighted by molar-refractivity contribution is 0.0511. The molecule has 1 aliphatic rings. The summed E-state index contributed by atoms with van der Waals surface area (Å²) < 4.78 is 29.7. The molecular formula is C14H19BrO4S. The number of hydrogen-bond acceptors (Lipinski definition) is 4. The zero-order valence-electron chi connectivity index (χ0n) is 11.6. The van der Waals surface area contributed by atoms with Crippen LogP contribution in [-0.4, -0.2) is 37.7 Å². The van der Waals surface area contributed by atoms with E-state index >= 15 is 0 Å². The summed E-state index contributed by atoms with van der Waals surface area (Å²) in [4.78, 5) is 0. The number of halogens is 1. The Labute approximate surface area is 128 Å². The molecule has 2 atom stereocenters. The molecule has 1 aromatic carbocycles. The second-order valence-electron chi connectivity index (χ2n) is 5.45. The first-order valence-corrected chi connectivity index (χ1v) is 9.25. The number of benzene rings is 1. The Balaban J connectivity index is 2.33. The summed E-state index contributed by atoms with van der Waals surface area (Å²) in [7, 11) is -1.68. The number of rotatable bonds is 4. The minimum atomic E-state index is -3.26. The Kier molecular flexibility index (Phi) is 4.47. The van der Waals surface area contributed by atoms with Crippen LogP contribution >= 0.6 is 15.9 Å². The molecule has 0 saturated heterocycles. The maximum absolute atomic E-state index is 11.9. The minimum Gasteiger partial charge on any atom is -0.497 e. The topological polar surface area (TPSA) is 63.6 Å². The van der Waals surface area contributed by atoms with E-state index in [9.17, 15) is 13.5 Å². The summed E-state index contributed by atoms with van der Waals surface area (Å²) in [5.41, 5.74) is -0.329. The van der Waals surface area contributed by atoms with Crippen LogP contribution in [0, 0.1) is 0 Å². The Morgan fingerprint density at radius 2 is 2.20 bits per heavy atom. The van der Waals surface area contributed by atoms with Gasteiger partial charge in [0.05, 0.1) is 18.0 Å². The summed E-state index contributed by atoms with van der Waals surface area (Å²) in [5.74, 6) is 0.695. The Morgan fingerprint density at radius 3 is 2.80 bits per heavy atom. The highest BCUT2D eigenvalue weighted by molar-refractivity contribution is 9.10. The quantitative estimate of drug-likeness (QED) is 0.892. The maximum Gasteiger partial charge on any atom is 0.153 e. The molecule has 0 radical (unpaired) electrons. The lowest BCUT2D eigenvalue weighted by Gasteiger charge is -2.29. The van der Waals surface area contributed by atoms with Gasteiger partial charge in [-0.25, -0.2) is 8.42 Å². The standard InChI is InChI=1S/C14H19BrO4S/c1-19-11-5-6-12(15)10(8-11)9-14(16)7-3-4-13(14)20(2,17)18/h5-6,8,13,16H,3-4,7,9H2,1-2H3. The third kappa shape index (κ3) is 3.18. The van der Waals surface area contributed by atoms with E-state index < -0.39 is 20.7 Å². The normalized spacial score (nSPS) is 26.7. The van der Waals surface area contributed by atoms with Crippen molar-refractivity contribution in [3.8, 4) is 5.75 Å². The zero-order valence-corrected chi connectivity index (χ0v) is 14.0. The second kappa shape index (κ2) is 5.66. The van der Waals surface area contributed by atoms with Crippen LogP contribution in [0.25, 0.3) is 0 Å². The van der Waals surface area contributed by atoms with E-state index in [0.29, 0.717) is 25.0 Å². The largest absolute Gasteiger partial charge is 0.497 e. The van der Waals surface area contributed by atoms with Crippen LogP contribution in [0.4, 0.5) is 0 Å². The predicted octanol–water partition coefficient (Wildman–Crippen LogP) is 2.33. The molecule has 1 N–H and O–H groups in total. The van der Waals surface area contributed by atoms with E-state index in [2.05, 4.69) is 15.9 Å². The molecule has 112 valence electrons. The lowest BCUT2D eigenvalue weighted by atomic mass is 9.92. The van der Waals surface area contributed by atoms with Crippen molar-refractivity contribution in [3.63, 3.8) is 0 Å². The fourth-order valence-electron chi connectivity index (χ4n) is 2.98. The van der Waals surface area contributed by atoms with Crippen LogP contribution < -0.4 is 4.74 Å².